The van der Waals surface area contributed by atoms with Crippen LogP contribution in [0.15, 0.2) is 14.4 Å². The van der Waals surface area contributed by atoms with E-state index < -0.39 is 47.4 Å². The quantitative estimate of drug-likeness (QED) is 0.555. The standard InChI is InChI=1S/C11H15N3O7/c1-11(2)20-5-4(3-15)19-7(6(5)21-11)14-9(17)12-8(16)13-10(14)18/h4-7,15H,3H2,1-2H3,(H2,12,13,16,17,18)/t4-,5-,6-,7+/m1/s1. The van der Waals surface area contributed by atoms with Crippen molar-refractivity contribution in [3.8, 4) is 0 Å². The average molecular weight is 301 g/mol. The number of aromatic amines is 2. The van der Waals surface area contributed by atoms with Gasteiger partial charge in [-0.2, -0.15) is 0 Å². The van der Waals surface area contributed by atoms with E-state index in [0.29, 0.717) is 4.57 Å². The SMILES string of the molecule is CC1(C)O[C@@H]2[C@H](O1)[C@@H](CO)O[C@@H]2n1c(=O)[nH]c(=O)[nH]c1=O. The van der Waals surface area contributed by atoms with Crippen LogP contribution in [-0.4, -0.2) is 50.3 Å². The molecule has 1 aromatic heterocycles. The molecule has 3 heterocycles. The molecule has 1 aromatic rings. The number of aliphatic hydroxyl groups is 1. The molecule has 0 unspecified atom stereocenters. The second-order valence-corrected chi connectivity index (χ2v) is 5.37. The molecule has 2 saturated heterocycles. The van der Waals surface area contributed by atoms with Crippen molar-refractivity contribution in [3.63, 3.8) is 0 Å². The Balaban J connectivity index is 2.06. The largest absolute Gasteiger partial charge is 0.394 e. The van der Waals surface area contributed by atoms with Gasteiger partial charge in [0.2, 0.25) is 0 Å². The third-order valence-electron chi connectivity index (χ3n) is 3.44. The maximum absolute atomic E-state index is 11.8. The van der Waals surface area contributed by atoms with Crippen molar-refractivity contribution in [2.45, 2.75) is 44.2 Å². The first-order valence-electron chi connectivity index (χ1n) is 6.39. The molecule has 21 heavy (non-hydrogen) atoms. The summed E-state index contributed by atoms with van der Waals surface area (Å²) in [5, 5.41) is 9.34. The minimum absolute atomic E-state index is 0.354. The maximum Gasteiger partial charge on any atom is 0.335 e. The molecule has 2 fully saturated rings. The topological polar surface area (TPSA) is 136 Å². The number of rotatable bonds is 2. The van der Waals surface area contributed by atoms with Crippen LogP contribution in [0, 0.1) is 0 Å². The molecular weight excluding hydrogens is 286 g/mol. The highest BCUT2D eigenvalue weighted by molar-refractivity contribution is 4.97. The van der Waals surface area contributed by atoms with Gasteiger partial charge in [-0.1, -0.05) is 0 Å². The van der Waals surface area contributed by atoms with Crippen molar-refractivity contribution in [2.24, 2.45) is 0 Å². The number of ether oxygens (including phenoxy) is 3. The molecule has 3 rings (SSSR count). The monoisotopic (exact) mass is 301 g/mol. The van der Waals surface area contributed by atoms with Gasteiger partial charge in [-0.25, -0.2) is 19.0 Å². The summed E-state index contributed by atoms with van der Waals surface area (Å²) in [6.45, 7) is 3.00. The van der Waals surface area contributed by atoms with E-state index in [9.17, 15) is 19.5 Å². The zero-order valence-electron chi connectivity index (χ0n) is 11.4. The second kappa shape index (κ2) is 4.63. The van der Waals surface area contributed by atoms with Gasteiger partial charge in [0.15, 0.2) is 12.0 Å². The number of hydrogen-bond donors (Lipinski definition) is 3. The van der Waals surface area contributed by atoms with Gasteiger partial charge < -0.3 is 19.3 Å². The number of nitrogens with one attached hydrogen (secondary N) is 2. The van der Waals surface area contributed by atoms with Crippen molar-refractivity contribution >= 4 is 0 Å². The molecule has 0 spiro atoms. The van der Waals surface area contributed by atoms with Gasteiger partial charge in [-0.05, 0) is 13.8 Å². The Morgan fingerprint density at radius 1 is 1.14 bits per heavy atom. The van der Waals surface area contributed by atoms with Crippen LogP contribution in [0.5, 0.6) is 0 Å². The van der Waals surface area contributed by atoms with Crippen molar-refractivity contribution < 1.29 is 19.3 Å². The highest BCUT2D eigenvalue weighted by atomic mass is 16.8. The Morgan fingerprint density at radius 3 is 2.29 bits per heavy atom. The second-order valence-electron chi connectivity index (χ2n) is 5.37. The lowest BCUT2D eigenvalue weighted by atomic mass is 10.1. The van der Waals surface area contributed by atoms with Gasteiger partial charge in [0.05, 0.1) is 6.61 Å². The predicted octanol–water partition coefficient (Wildman–Crippen LogP) is -2.37. The number of aromatic nitrogens is 3. The fourth-order valence-corrected chi connectivity index (χ4v) is 2.68. The fraction of sp³-hybridized carbons (Fsp3) is 0.727. The van der Waals surface area contributed by atoms with Crippen LogP contribution in [0.4, 0.5) is 0 Å². The summed E-state index contributed by atoms with van der Waals surface area (Å²) in [6.07, 6.45) is -3.20. The summed E-state index contributed by atoms with van der Waals surface area (Å²) in [6, 6.07) is 0. The molecule has 10 nitrogen and oxygen atoms in total. The molecule has 2 aliphatic rings. The van der Waals surface area contributed by atoms with Gasteiger partial charge in [0, 0.05) is 0 Å². The molecule has 2 aliphatic heterocycles. The van der Waals surface area contributed by atoms with E-state index in [0.717, 1.165) is 0 Å². The van der Waals surface area contributed by atoms with Crippen LogP contribution in [0.25, 0.3) is 0 Å². The Bertz CT molecular complexity index is 683. The summed E-state index contributed by atoms with van der Waals surface area (Å²) < 4.78 is 17.5. The first-order valence-corrected chi connectivity index (χ1v) is 6.39. The fourth-order valence-electron chi connectivity index (χ4n) is 2.68. The Labute approximate surface area is 117 Å². The normalized spacial score (nSPS) is 34.0. The third kappa shape index (κ3) is 2.25. The average Bonchev–Trinajstić information content (AvgIpc) is 2.82. The van der Waals surface area contributed by atoms with E-state index in [1.165, 1.54) is 0 Å². The number of H-pyrrole nitrogens is 2. The van der Waals surface area contributed by atoms with E-state index in [-0.39, 0.29) is 6.61 Å². The predicted molar refractivity (Wildman–Crippen MR) is 66.8 cm³/mol. The van der Waals surface area contributed by atoms with Crippen LogP contribution < -0.4 is 17.1 Å². The van der Waals surface area contributed by atoms with Crippen LogP contribution >= 0.6 is 0 Å². The molecule has 4 atom stereocenters. The van der Waals surface area contributed by atoms with Crippen molar-refractivity contribution in [1.29, 1.82) is 0 Å². The zero-order valence-corrected chi connectivity index (χ0v) is 11.4. The van der Waals surface area contributed by atoms with E-state index in [1.54, 1.807) is 13.8 Å². The molecular formula is C11H15N3O7. The minimum Gasteiger partial charge on any atom is -0.394 e. The molecule has 0 amide bonds. The molecule has 116 valence electrons. The molecule has 0 aliphatic carbocycles. The molecule has 0 saturated carbocycles. The van der Waals surface area contributed by atoms with Gasteiger partial charge >= 0.3 is 17.1 Å². The van der Waals surface area contributed by atoms with Crippen LogP contribution in [-0.2, 0) is 14.2 Å². The molecule has 3 N–H and O–H groups in total. The number of nitrogens with zero attached hydrogens (tertiary/aromatic N) is 1. The lowest BCUT2D eigenvalue weighted by Crippen LogP contribution is -2.48. The Hall–Kier alpha value is -1.75. The minimum atomic E-state index is -1.10. The summed E-state index contributed by atoms with van der Waals surface area (Å²) in [7, 11) is 0. The first-order chi connectivity index (χ1) is 9.82. The zero-order chi connectivity index (χ0) is 15.4. The van der Waals surface area contributed by atoms with Crippen molar-refractivity contribution in [1.82, 2.24) is 14.5 Å². The number of fused-ring (bicyclic) bond motifs is 1. The van der Waals surface area contributed by atoms with Crippen LogP contribution in [0.1, 0.15) is 20.1 Å². The highest BCUT2D eigenvalue weighted by Gasteiger charge is 2.56. The summed E-state index contributed by atoms with van der Waals surface area (Å²) in [4.78, 5) is 38.6. The van der Waals surface area contributed by atoms with Gasteiger partial charge in [0.1, 0.15) is 18.3 Å². The van der Waals surface area contributed by atoms with Crippen molar-refractivity contribution in [2.75, 3.05) is 6.61 Å². The van der Waals surface area contributed by atoms with Gasteiger partial charge in [-0.15, -0.1) is 0 Å². The lowest BCUT2D eigenvalue weighted by Gasteiger charge is -2.23. The molecule has 0 radical (unpaired) electrons. The lowest BCUT2D eigenvalue weighted by molar-refractivity contribution is -0.201. The third-order valence-corrected chi connectivity index (χ3v) is 3.44. The van der Waals surface area contributed by atoms with Gasteiger partial charge in [-0.3, -0.25) is 9.97 Å². The van der Waals surface area contributed by atoms with E-state index >= 15 is 0 Å². The molecule has 0 bridgehead atoms. The maximum atomic E-state index is 11.8. The smallest absolute Gasteiger partial charge is 0.335 e. The van der Waals surface area contributed by atoms with E-state index in [4.69, 9.17) is 14.2 Å². The Morgan fingerprint density at radius 2 is 1.71 bits per heavy atom. The molecule has 10 heteroatoms. The van der Waals surface area contributed by atoms with Crippen LogP contribution in [0.2, 0.25) is 0 Å². The van der Waals surface area contributed by atoms with E-state index in [2.05, 4.69) is 0 Å². The first kappa shape index (κ1) is 14.2. The molecule has 0 aromatic carbocycles. The summed E-state index contributed by atoms with van der Waals surface area (Å²) in [5.41, 5.74) is -2.74. The van der Waals surface area contributed by atoms with Crippen LogP contribution in [0.3, 0.4) is 0 Å². The number of aliphatic hydroxyl groups excluding tert-OH is 1. The Kier molecular flexibility index (Phi) is 3.13. The van der Waals surface area contributed by atoms with Crippen molar-refractivity contribution in [3.05, 3.63) is 31.5 Å². The van der Waals surface area contributed by atoms with Gasteiger partial charge in [0.25, 0.3) is 0 Å². The van der Waals surface area contributed by atoms with E-state index in [1.807, 2.05) is 9.97 Å². The highest BCUT2D eigenvalue weighted by Crippen LogP contribution is 2.41. The number of hydrogen-bond acceptors (Lipinski definition) is 7. The summed E-state index contributed by atoms with van der Waals surface area (Å²) >= 11 is 0. The summed E-state index contributed by atoms with van der Waals surface area (Å²) in [5.74, 6) is -0.927.